The lowest BCUT2D eigenvalue weighted by molar-refractivity contribution is 0.660. The molecule has 2 aliphatic carbocycles. The molecule has 0 fully saturated rings. The van der Waals surface area contributed by atoms with Crippen molar-refractivity contribution < 1.29 is 0 Å². The molecule has 0 atom stereocenters. The Morgan fingerprint density at radius 3 is 1.57 bits per heavy atom. The van der Waals surface area contributed by atoms with Crippen molar-refractivity contribution in [3.8, 4) is 27.9 Å². The number of anilines is 3. The second-order valence-electron chi connectivity index (χ2n) is 16.8. The zero-order chi connectivity index (χ0) is 40.0. The summed E-state index contributed by atoms with van der Waals surface area (Å²) >= 11 is 0. The Bertz CT molecular complexity index is 3190. The van der Waals surface area contributed by atoms with E-state index in [1.807, 2.05) is 0 Å². The zero-order valence-electron chi connectivity index (χ0n) is 33.7. The Morgan fingerprint density at radius 1 is 0.383 bits per heavy atom. The van der Waals surface area contributed by atoms with E-state index < -0.39 is 5.41 Å². The van der Waals surface area contributed by atoms with Gasteiger partial charge >= 0.3 is 0 Å². The van der Waals surface area contributed by atoms with E-state index >= 15 is 0 Å². The van der Waals surface area contributed by atoms with Gasteiger partial charge in [-0.1, -0.05) is 178 Å². The van der Waals surface area contributed by atoms with Gasteiger partial charge < -0.3 is 9.47 Å². The SMILES string of the molecule is CC1(C)c2ccccc2-c2ccc(N(c3ccc(-n4c5ccccc5c5ccccc54)cc3)c3cccc4c3-c3ccccc3C4(c3ccccc3)c3ccccc3)cc21. The first-order valence-corrected chi connectivity index (χ1v) is 21.0. The summed E-state index contributed by atoms with van der Waals surface area (Å²) in [5.41, 5.74) is 19.3. The van der Waals surface area contributed by atoms with Crippen LogP contribution in [-0.4, -0.2) is 4.57 Å². The molecule has 9 aromatic carbocycles. The largest absolute Gasteiger partial charge is 0.310 e. The first-order chi connectivity index (χ1) is 29.5. The highest BCUT2D eigenvalue weighted by atomic mass is 15.1. The van der Waals surface area contributed by atoms with Crippen LogP contribution in [0.1, 0.15) is 47.2 Å². The van der Waals surface area contributed by atoms with Gasteiger partial charge in [0.1, 0.15) is 0 Å². The molecule has 1 aromatic heterocycles. The minimum atomic E-state index is -0.502. The van der Waals surface area contributed by atoms with Gasteiger partial charge in [-0.25, -0.2) is 0 Å². The van der Waals surface area contributed by atoms with E-state index in [-0.39, 0.29) is 5.41 Å². The summed E-state index contributed by atoms with van der Waals surface area (Å²) < 4.78 is 2.40. The van der Waals surface area contributed by atoms with Gasteiger partial charge in [0, 0.05) is 38.8 Å². The van der Waals surface area contributed by atoms with Crippen molar-refractivity contribution >= 4 is 38.9 Å². The maximum absolute atomic E-state index is 2.51. The molecule has 284 valence electrons. The maximum atomic E-state index is 2.51. The van der Waals surface area contributed by atoms with Crippen molar-refractivity contribution in [3.63, 3.8) is 0 Å². The van der Waals surface area contributed by atoms with Crippen LogP contribution in [0.2, 0.25) is 0 Å². The van der Waals surface area contributed by atoms with Crippen LogP contribution >= 0.6 is 0 Å². The number of nitrogens with zero attached hydrogens (tertiary/aromatic N) is 2. The lowest BCUT2D eigenvalue weighted by atomic mass is 9.68. The lowest BCUT2D eigenvalue weighted by Crippen LogP contribution is -2.28. The molecule has 0 saturated carbocycles. The molecular weight excluding hydrogens is 725 g/mol. The van der Waals surface area contributed by atoms with Crippen LogP contribution in [0.25, 0.3) is 49.7 Å². The predicted molar refractivity (Wildman–Crippen MR) is 250 cm³/mol. The van der Waals surface area contributed by atoms with Crippen LogP contribution in [0, 0.1) is 0 Å². The minimum Gasteiger partial charge on any atom is -0.310 e. The molecule has 0 bridgehead atoms. The van der Waals surface area contributed by atoms with E-state index in [1.165, 1.54) is 77.4 Å². The molecule has 0 N–H and O–H groups in total. The maximum Gasteiger partial charge on any atom is 0.0714 e. The lowest BCUT2D eigenvalue weighted by Gasteiger charge is -2.34. The van der Waals surface area contributed by atoms with Gasteiger partial charge in [-0.05, 0) is 105 Å². The van der Waals surface area contributed by atoms with Gasteiger partial charge in [-0.3, -0.25) is 0 Å². The van der Waals surface area contributed by atoms with Crippen molar-refractivity contribution in [1.29, 1.82) is 0 Å². The summed E-state index contributed by atoms with van der Waals surface area (Å²) in [4.78, 5) is 2.51. The Kier molecular flexibility index (Phi) is 7.52. The molecular formula is C58H42N2. The van der Waals surface area contributed by atoms with E-state index in [1.54, 1.807) is 0 Å². The monoisotopic (exact) mass is 766 g/mol. The number of benzene rings is 9. The molecule has 0 aliphatic heterocycles. The molecule has 2 heteroatoms. The summed E-state index contributed by atoms with van der Waals surface area (Å²) in [7, 11) is 0. The molecule has 0 unspecified atom stereocenters. The molecule has 60 heavy (non-hydrogen) atoms. The van der Waals surface area contributed by atoms with Gasteiger partial charge in [0.05, 0.1) is 22.1 Å². The van der Waals surface area contributed by atoms with Crippen LogP contribution in [-0.2, 0) is 10.8 Å². The Balaban J connectivity index is 1.12. The fourth-order valence-electron chi connectivity index (χ4n) is 10.9. The third-order valence-electron chi connectivity index (χ3n) is 13.5. The number of hydrogen-bond donors (Lipinski definition) is 0. The molecule has 10 aromatic rings. The minimum absolute atomic E-state index is 0.144. The van der Waals surface area contributed by atoms with E-state index in [4.69, 9.17) is 0 Å². The van der Waals surface area contributed by atoms with E-state index in [2.05, 4.69) is 242 Å². The van der Waals surface area contributed by atoms with Crippen molar-refractivity contribution in [2.24, 2.45) is 0 Å². The molecule has 2 aliphatic rings. The summed E-state index contributed by atoms with van der Waals surface area (Å²) in [6.45, 7) is 4.74. The fraction of sp³-hybridized carbons (Fsp3) is 0.0690. The van der Waals surface area contributed by atoms with Crippen molar-refractivity contribution in [3.05, 3.63) is 252 Å². The highest BCUT2D eigenvalue weighted by molar-refractivity contribution is 6.09. The fourth-order valence-corrected chi connectivity index (χ4v) is 10.9. The van der Waals surface area contributed by atoms with Crippen LogP contribution < -0.4 is 4.90 Å². The van der Waals surface area contributed by atoms with Crippen molar-refractivity contribution in [2.75, 3.05) is 4.90 Å². The second kappa shape index (κ2) is 13.0. The number of hydrogen-bond acceptors (Lipinski definition) is 1. The molecule has 0 saturated heterocycles. The van der Waals surface area contributed by atoms with Gasteiger partial charge in [0.25, 0.3) is 0 Å². The van der Waals surface area contributed by atoms with Gasteiger partial charge in [-0.15, -0.1) is 0 Å². The van der Waals surface area contributed by atoms with Crippen molar-refractivity contribution in [2.45, 2.75) is 24.7 Å². The number of rotatable bonds is 6. The van der Waals surface area contributed by atoms with E-state index in [9.17, 15) is 0 Å². The number of para-hydroxylation sites is 2. The highest BCUT2D eigenvalue weighted by Gasteiger charge is 2.47. The smallest absolute Gasteiger partial charge is 0.0714 e. The molecule has 1 heterocycles. The van der Waals surface area contributed by atoms with Gasteiger partial charge in [0.15, 0.2) is 0 Å². The third-order valence-corrected chi connectivity index (χ3v) is 13.5. The predicted octanol–water partition coefficient (Wildman–Crippen LogP) is 14.9. The zero-order valence-corrected chi connectivity index (χ0v) is 33.7. The molecule has 12 rings (SSSR count). The molecule has 0 amide bonds. The normalized spacial score (nSPS) is 14.1. The van der Waals surface area contributed by atoms with Crippen LogP contribution in [0.3, 0.4) is 0 Å². The summed E-state index contributed by atoms with van der Waals surface area (Å²) in [6, 6.07) is 81.0. The quantitative estimate of drug-likeness (QED) is 0.164. The van der Waals surface area contributed by atoms with E-state index in [0.29, 0.717) is 0 Å². The molecule has 0 spiro atoms. The average Bonchev–Trinajstić information content (AvgIpc) is 3.89. The Labute approximate surface area is 351 Å². The average molecular weight is 767 g/mol. The number of fused-ring (bicyclic) bond motifs is 9. The molecule has 0 radical (unpaired) electrons. The Morgan fingerprint density at radius 2 is 0.900 bits per heavy atom. The first kappa shape index (κ1) is 34.6. The van der Waals surface area contributed by atoms with Crippen LogP contribution in [0.15, 0.2) is 218 Å². The topological polar surface area (TPSA) is 8.17 Å². The first-order valence-electron chi connectivity index (χ1n) is 21.0. The van der Waals surface area contributed by atoms with Crippen LogP contribution in [0.5, 0.6) is 0 Å². The van der Waals surface area contributed by atoms with Crippen molar-refractivity contribution in [1.82, 2.24) is 4.57 Å². The standard InChI is InChI=1S/C58H42N2/c1-57(2)49-26-13-9-22-44(49)45-37-36-43(38-52(45)57)59(41-32-34-42(35-33-41)60-53-29-15-11-23-46(53)47-24-12-16-30-54(47)60)55-31-17-28-51-56(55)48-25-10-14-27-50(48)58(51,39-18-5-3-6-19-39)40-20-7-4-8-21-40/h3-38H,1-2H3. The van der Waals surface area contributed by atoms with Gasteiger partial charge in [0.2, 0.25) is 0 Å². The number of aromatic nitrogens is 1. The summed E-state index contributed by atoms with van der Waals surface area (Å²) in [5, 5.41) is 2.53. The van der Waals surface area contributed by atoms with E-state index in [0.717, 1.165) is 22.7 Å². The summed E-state index contributed by atoms with van der Waals surface area (Å²) in [5.74, 6) is 0. The molecule has 2 nitrogen and oxygen atoms in total. The van der Waals surface area contributed by atoms with Gasteiger partial charge in [-0.2, -0.15) is 0 Å². The second-order valence-corrected chi connectivity index (χ2v) is 16.8. The summed E-state index contributed by atoms with van der Waals surface area (Å²) in [6.07, 6.45) is 0. The highest BCUT2D eigenvalue weighted by Crippen LogP contribution is 2.60. The third kappa shape index (κ3) is 4.76. The Hall–Kier alpha value is -7.42. The van der Waals surface area contributed by atoms with Crippen LogP contribution in [0.4, 0.5) is 17.1 Å².